The zero-order valence-corrected chi connectivity index (χ0v) is 11.6. The lowest BCUT2D eigenvalue weighted by Crippen LogP contribution is -2.44. The van der Waals surface area contributed by atoms with Gasteiger partial charge in [-0.15, -0.1) is 0 Å². The number of rotatable bonds is 4. The number of nitrogens with one attached hydrogen (secondary N) is 1. The lowest BCUT2D eigenvalue weighted by molar-refractivity contribution is 0.218. The molecule has 0 aromatic heterocycles. The molecule has 1 unspecified atom stereocenters. The van der Waals surface area contributed by atoms with Gasteiger partial charge in [-0.1, -0.05) is 12.1 Å². The fraction of sp³-hybridized carbons (Fsp3) is 0.600. The summed E-state index contributed by atoms with van der Waals surface area (Å²) in [7, 11) is 3.91. The molecule has 1 heterocycles. The number of likely N-dealkylation sites (N-methyl/N-ethyl adjacent to an activating group) is 1. The molecule has 1 aromatic rings. The normalized spacial score (nSPS) is 22.7. The zero-order chi connectivity index (χ0) is 13.0. The van der Waals surface area contributed by atoms with Crippen LogP contribution in [-0.4, -0.2) is 38.2 Å². The van der Waals surface area contributed by atoms with Crippen LogP contribution in [0.25, 0.3) is 0 Å². The van der Waals surface area contributed by atoms with E-state index in [1.54, 1.807) is 7.11 Å². The molecular formula is C15H24N2O. The molecule has 1 aliphatic heterocycles. The Morgan fingerprint density at radius 2 is 2.28 bits per heavy atom. The molecule has 1 N–H and O–H groups in total. The van der Waals surface area contributed by atoms with Gasteiger partial charge in [-0.25, -0.2) is 0 Å². The quantitative estimate of drug-likeness (QED) is 0.885. The third kappa shape index (κ3) is 3.47. The molecule has 2 rings (SSSR count). The molecular weight excluding hydrogens is 224 g/mol. The van der Waals surface area contributed by atoms with Crippen molar-refractivity contribution < 1.29 is 4.74 Å². The van der Waals surface area contributed by atoms with Crippen LogP contribution in [0, 0.1) is 0 Å². The van der Waals surface area contributed by atoms with E-state index >= 15 is 0 Å². The highest BCUT2D eigenvalue weighted by atomic mass is 16.5. The van der Waals surface area contributed by atoms with Gasteiger partial charge in [0.15, 0.2) is 0 Å². The van der Waals surface area contributed by atoms with Gasteiger partial charge < -0.3 is 15.0 Å². The lowest BCUT2D eigenvalue weighted by Gasteiger charge is -2.32. The van der Waals surface area contributed by atoms with E-state index in [-0.39, 0.29) is 0 Å². The van der Waals surface area contributed by atoms with Crippen LogP contribution in [0.3, 0.4) is 0 Å². The molecule has 1 aromatic carbocycles. The van der Waals surface area contributed by atoms with E-state index in [4.69, 9.17) is 4.74 Å². The van der Waals surface area contributed by atoms with Crippen LogP contribution in [0.1, 0.15) is 31.4 Å². The summed E-state index contributed by atoms with van der Waals surface area (Å²) in [6.45, 7) is 4.60. The Bertz CT molecular complexity index is 381. The zero-order valence-electron chi connectivity index (χ0n) is 11.6. The second-order valence-corrected chi connectivity index (χ2v) is 5.27. The predicted molar refractivity (Wildman–Crippen MR) is 75.1 cm³/mol. The SMILES string of the molecule is COc1cccc([C@H](C)NC2CCCN(C)C2)c1. The third-order valence-corrected chi connectivity index (χ3v) is 3.70. The van der Waals surface area contributed by atoms with Crippen molar-refractivity contribution in [1.82, 2.24) is 10.2 Å². The number of ether oxygens (including phenoxy) is 1. The van der Waals surface area contributed by atoms with Gasteiger partial charge in [-0.3, -0.25) is 0 Å². The first-order valence-corrected chi connectivity index (χ1v) is 6.77. The van der Waals surface area contributed by atoms with Crippen LogP contribution in [-0.2, 0) is 0 Å². The van der Waals surface area contributed by atoms with Crippen LogP contribution in [0.15, 0.2) is 24.3 Å². The van der Waals surface area contributed by atoms with Gasteiger partial charge in [0, 0.05) is 18.6 Å². The van der Waals surface area contributed by atoms with Gasteiger partial charge in [0.05, 0.1) is 7.11 Å². The molecule has 0 amide bonds. The third-order valence-electron chi connectivity index (χ3n) is 3.70. The Morgan fingerprint density at radius 1 is 1.44 bits per heavy atom. The molecule has 2 atom stereocenters. The van der Waals surface area contributed by atoms with E-state index < -0.39 is 0 Å². The van der Waals surface area contributed by atoms with Crippen molar-refractivity contribution >= 4 is 0 Å². The second-order valence-electron chi connectivity index (χ2n) is 5.27. The summed E-state index contributed by atoms with van der Waals surface area (Å²) in [6, 6.07) is 9.29. The molecule has 3 heteroatoms. The first kappa shape index (κ1) is 13.4. The van der Waals surface area contributed by atoms with Crippen molar-refractivity contribution in [3.8, 4) is 5.75 Å². The fourth-order valence-corrected chi connectivity index (χ4v) is 2.66. The Morgan fingerprint density at radius 3 is 3.00 bits per heavy atom. The molecule has 0 bridgehead atoms. The molecule has 0 radical (unpaired) electrons. The van der Waals surface area contributed by atoms with Crippen molar-refractivity contribution in [2.45, 2.75) is 31.8 Å². The fourth-order valence-electron chi connectivity index (χ4n) is 2.66. The van der Waals surface area contributed by atoms with Crippen molar-refractivity contribution in [3.05, 3.63) is 29.8 Å². The maximum Gasteiger partial charge on any atom is 0.119 e. The second kappa shape index (κ2) is 6.21. The maximum absolute atomic E-state index is 5.28. The van der Waals surface area contributed by atoms with Crippen molar-refractivity contribution in [1.29, 1.82) is 0 Å². The molecule has 0 aliphatic carbocycles. The van der Waals surface area contributed by atoms with Crippen LogP contribution in [0.4, 0.5) is 0 Å². The summed E-state index contributed by atoms with van der Waals surface area (Å²) < 4.78 is 5.28. The standard InChI is InChI=1S/C15H24N2O/c1-12(13-6-4-8-15(10-13)18-3)16-14-7-5-9-17(2)11-14/h4,6,8,10,12,14,16H,5,7,9,11H2,1-3H3/t12-,14?/m0/s1. The topological polar surface area (TPSA) is 24.5 Å². The molecule has 3 nitrogen and oxygen atoms in total. The van der Waals surface area contributed by atoms with E-state index in [9.17, 15) is 0 Å². The summed E-state index contributed by atoms with van der Waals surface area (Å²) >= 11 is 0. The molecule has 0 saturated carbocycles. The van der Waals surface area contributed by atoms with E-state index in [1.165, 1.54) is 24.9 Å². The van der Waals surface area contributed by atoms with Crippen LogP contribution in [0.2, 0.25) is 0 Å². The number of methoxy groups -OCH3 is 1. The van der Waals surface area contributed by atoms with Gasteiger partial charge in [0.1, 0.15) is 5.75 Å². The maximum atomic E-state index is 5.28. The monoisotopic (exact) mass is 248 g/mol. The highest BCUT2D eigenvalue weighted by molar-refractivity contribution is 5.30. The number of nitrogens with zero attached hydrogens (tertiary/aromatic N) is 1. The Hall–Kier alpha value is -1.06. The van der Waals surface area contributed by atoms with Gasteiger partial charge in [0.25, 0.3) is 0 Å². The number of hydrogen-bond acceptors (Lipinski definition) is 3. The minimum Gasteiger partial charge on any atom is -0.497 e. The smallest absolute Gasteiger partial charge is 0.119 e. The van der Waals surface area contributed by atoms with Gasteiger partial charge >= 0.3 is 0 Å². The van der Waals surface area contributed by atoms with Gasteiger partial charge in [-0.05, 0) is 51.1 Å². The summed E-state index contributed by atoms with van der Waals surface area (Å²) in [6.07, 6.45) is 2.57. The largest absolute Gasteiger partial charge is 0.497 e. The first-order valence-electron chi connectivity index (χ1n) is 6.77. The average Bonchev–Trinajstić information content (AvgIpc) is 2.39. The Kier molecular flexibility index (Phi) is 4.61. The molecule has 0 spiro atoms. The number of likely N-dealkylation sites (tertiary alicyclic amines) is 1. The van der Waals surface area contributed by atoms with Crippen LogP contribution < -0.4 is 10.1 Å². The molecule has 1 fully saturated rings. The summed E-state index contributed by atoms with van der Waals surface area (Å²) in [5.74, 6) is 0.932. The highest BCUT2D eigenvalue weighted by Gasteiger charge is 2.19. The van der Waals surface area contributed by atoms with Gasteiger partial charge in [0.2, 0.25) is 0 Å². The van der Waals surface area contributed by atoms with Crippen molar-refractivity contribution in [2.75, 3.05) is 27.2 Å². The average molecular weight is 248 g/mol. The lowest BCUT2D eigenvalue weighted by atomic mass is 10.0. The van der Waals surface area contributed by atoms with E-state index in [1.807, 2.05) is 6.07 Å². The highest BCUT2D eigenvalue weighted by Crippen LogP contribution is 2.20. The summed E-state index contributed by atoms with van der Waals surface area (Å²) in [5, 5.41) is 3.72. The van der Waals surface area contributed by atoms with Crippen molar-refractivity contribution in [3.63, 3.8) is 0 Å². The van der Waals surface area contributed by atoms with Crippen LogP contribution >= 0.6 is 0 Å². The number of benzene rings is 1. The predicted octanol–water partition coefficient (Wildman–Crippen LogP) is 2.44. The van der Waals surface area contributed by atoms with E-state index in [0.29, 0.717) is 12.1 Å². The van der Waals surface area contributed by atoms with Crippen molar-refractivity contribution in [2.24, 2.45) is 0 Å². The summed E-state index contributed by atoms with van der Waals surface area (Å²) in [4.78, 5) is 2.40. The minimum atomic E-state index is 0.372. The minimum absolute atomic E-state index is 0.372. The Labute approximate surface area is 110 Å². The van der Waals surface area contributed by atoms with Gasteiger partial charge in [-0.2, -0.15) is 0 Å². The summed E-state index contributed by atoms with van der Waals surface area (Å²) in [5.41, 5.74) is 1.29. The van der Waals surface area contributed by atoms with E-state index in [0.717, 1.165) is 12.3 Å². The Balaban J connectivity index is 1.95. The van der Waals surface area contributed by atoms with E-state index in [2.05, 4.69) is 42.4 Å². The molecule has 1 aliphatic rings. The first-order chi connectivity index (χ1) is 8.69. The molecule has 1 saturated heterocycles. The molecule has 18 heavy (non-hydrogen) atoms. The number of hydrogen-bond donors (Lipinski definition) is 1. The molecule has 100 valence electrons. The van der Waals surface area contributed by atoms with Crippen LogP contribution in [0.5, 0.6) is 5.75 Å². The number of piperidine rings is 1.